The predicted molar refractivity (Wildman–Crippen MR) is 128 cm³/mol. The number of benzene rings is 1. The Labute approximate surface area is 198 Å². The molecule has 0 bridgehead atoms. The van der Waals surface area contributed by atoms with Gasteiger partial charge in [-0.25, -0.2) is 14.5 Å². The predicted octanol–water partition coefficient (Wildman–Crippen LogP) is 3.03. The van der Waals surface area contributed by atoms with Gasteiger partial charge < -0.3 is 19.9 Å². The number of anilines is 2. The maximum absolute atomic E-state index is 12.5. The Balaban J connectivity index is 1.29. The fourth-order valence-electron chi connectivity index (χ4n) is 3.55. The lowest BCUT2D eigenvalue weighted by Gasteiger charge is -2.36. The summed E-state index contributed by atoms with van der Waals surface area (Å²) in [4.78, 5) is 33.0. The van der Waals surface area contributed by atoms with Gasteiger partial charge in [0.25, 0.3) is 5.91 Å². The van der Waals surface area contributed by atoms with Gasteiger partial charge in [-0.05, 0) is 38.5 Å². The van der Waals surface area contributed by atoms with E-state index < -0.39 is 5.60 Å². The SMILES string of the molecule is CC(C)(C)OC(=O)N1CCN(c2ccc(NC(=O)c3cn(Cc4ccccc4)nn3)nc2)CC1. The monoisotopic (exact) mass is 463 g/mol. The molecule has 2 amide bonds. The largest absolute Gasteiger partial charge is 0.444 e. The van der Waals surface area contributed by atoms with Gasteiger partial charge in [-0.2, -0.15) is 0 Å². The first-order chi connectivity index (χ1) is 16.3. The summed E-state index contributed by atoms with van der Waals surface area (Å²) in [6.45, 7) is 8.63. The maximum atomic E-state index is 12.5. The number of carbonyl (C=O) groups excluding carboxylic acids is 2. The number of pyridine rings is 1. The molecule has 178 valence electrons. The number of piperazine rings is 1. The first-order valence-corrected chi connectivity index (χ1v) is 11.2. The lowest BCUT2D eigenvalue weighted by molar-refractivity contribution is 0.0240. The summed E-state index contributed by atoms with van der Waals surface area (Å²) in [5.74, 6) is 0.0595. The van der Waals surface area contributed by atoms with E-state index in [0.29, 0.717) is 38.5 Å². The lowest BCUT2D eigenvalue weighted by Crippen LogP contribution is -2.50. The Hall–Kier alpha value is -3.95. The van der Waals surface area contributed by atoms with Crippen LogP contribution in [0.1, 0.15) is 36.8 Å². The molecular formula is C24H29N7O3. The van der Waals surface area contributed by atoms with E-state index in [1.165, 1.54) is 0 Å². The third kappa shape index (κ3) is 6.09. The van der Waals surface area contributed by atoms with Crippen molar-refractivity contribution < 1.29 is 14.3 Å². The highest BCUT2D eigenvalue weighted by Gasteiger charge is 2.26. The van der Waals surface area contributed by atoms with Gasteiger partial charge in [0.15, 0.2) is 5.69 Å². The van der Waals surface area contributed by atoms with Gasteiger partial charge in [-0.1, -0.05) is 35.5 Å². The molecule has 0 spiro atoms. The van der Waals surface area contributed by atoms with Crippen LogP contribution in [0.5, 0.6) is 0 Å². The lowest BCUT2D eigenvalue weighted by atomic mass is 10.2. The van der Waals surface area contributed by atoms with Crippen LogP contribution >= 0.6 is 0 Å². The second-order valence-electron chi connectivity index (χ2n) is 9.10. The zero-order valence-electron chi connectivity index (χ0n) is 19.6. The third-order valence-corrected chi connectivity index (χ3v) is 5.24. The molecule has 0 aliphatic carbocycles. The molecule has 1 N–H and O–H groups in total. The number of amides is 2. The number of rotatable bonds is 5. The molecule has 10 heteroatoms. The molecule has 0 unspecified atom stereocenters. The first kappa shape index (κ1) is 23.2. The van der Waals surface area contributed by atoms with Crippen molar-refractivity contribution in [2.45, 2.75) is 32.9 Å². The Kier molecular flexibility index (Phi) is 6.76. The minimum atomic E-state index is -0.505. The highest BCUT2D eigenvalue weighted by Crippen LogP contribution is 2.19. The molecular weight excluding hydrogens is 434 g/mol. The van der Waals surface area contributed by atoms with Crippen molar-refractivity contribution in [2.75, 3.05) is 36.4 Å². The van der Waals surface area contributed by atoms with Crippen molar-refractivity contribution in [1.29, 1.82) is 0 Å². The van der Waals surface area contributed by atoms with Crippen molar-refractivity contribution in [3.63, 3.8) is 0 Å². The normalized spacial score (nSPS) is 14.1. The summed E-state index contributed by atoms with van der Waals surface area (Å²) in [6, 6.07) is 13.5. The fourth-order valence-corrected chi connectivity index (χ4v) is 3.55. The van der Waals surface area contributed by atoms with Crippen LogP contribution in [-0.4, -0.2) is 68.7 Å². The first-order valence-electron chi connectivity index (χ1n) is 11.2. The van der Waals surface area contributed by atoms with Crippen molar-refractivity contribution >= 4 is 23.5 Å². The van der Waals surface area contributed by atoms with Crippen LogP contribution in [0.4, 0.5) is 16.3 Å². The molecule has 0 atom stereocenters. The molecule has 1 aliphatic heterocycles. The van der Waals surface area contributed by atoms with Crippen LogP contribution in [-0.2, 0) is 11.3 Å². The summed E-state index contributed by atoms with van der Waals surface area (Å²) in [5, 5.41) is 10.7. The van der Waals surface area contributed by atoms with Crippen LogP contribution in [0.15, 0.2) is 54.9 Å². The standard InChI is InChI=1S/C24H29N7O3/c1-24(2,3)34-23(33)30-13-11-29(12-14-30)19-9-10-21(25-15-19)26-22(32)20-17-31(28-27-20)16-18-7-5-4-6-8-18/h4-10,15,17H,11-14,16H2,1-3H3,(H,25,26,32). The van der Waals surface area contributed by atoms with E-state index in [1.807, 2.05) is 57.2 Å². The quantitative estimate of drug-likeness (QED) is 0.620. The summed E-state index contributed by atoms with van der Waals surface area (Å²) in [7, 11) is 0. The van der Waals surface area contributed by atoms with Gasteiger partial charge in [0.1, 0.15) is 11.4 Å². The van der Waals surface area contributed by atoms with Crippen LogP contribution in [0.2, 0.25) is 0 Å². The van der Waals surface area contributed by atoms with Crippen LogP contribution < -0.4 is 10.2 Å². The Morgan fingerprint density at radius 3 is 2.41 bits per heavy atom. The minimum Gasteiger partial charge on any atom is -0.444 e. The van der Waals surface area contributed by atoms with E-state index in [-0.39, 0.29) is 17.7 Å². The minimum absolute atomic E-state index is 0.222. The molecule has 1 aliphatic rings. The Morgan fingerprint density at radius 2 is 1.76 bits per heavy atom. The molecule has 1 saturated heterocycles. The van der Waals surface area contributed by atoms with E-state index in [4.69, 9.17) is 4.74 Å². The number of hydrogen-bond acceptors (Lipinski definition) is 7. The zero-order valence-corrected chi connectivity index (χ0v) is 19.6. The van der Waals surface area contributed by atoms with Crippen LogP contribution in [0.3, 0.4) is 0 Å². The highest BCUT2D eigenvalue weighted by atomic mass is 16.6. The van der Waals surface area contributed by atoms with Gasteiger partial charge >= 0.3 is 6.09 Å². The average Bonchev–Trinajstić information content (AvgIpc) is 3.28. The third-order valence-electron chi connectivity index (χ3n) is 5.24. The van der Waals surface area contributed by atoms with E-state index in [1.54, 1.807) is 28.0 Å². The van der Waals surface area contributed by atoms with Crippen molar-refractivity contribution in [3.05, 3.63) is 66.1 Å². The number of hydrogen-bond donors (Lipinski definition) is 1. The van der Waals surface area contributed by atoms with E-state index >= 15 is 0 Å². The van der Waals surface area contributed by atoms with E-state index in [0.717, 1.165) is 11.3 Å². The molecule has 3 heterocycles. The molecule has 0 radical (unpaired) electrons. The summed E-state index contributed by atoms with van der Waals surface area (Å²) >= 11 is 0. The van der Waals surface area contributed by atoms with Gasteiger partial charge in [0, 0.05) is 26.2 Å². The maximum Gasteiger partial charge on any atom is 0.410 e. The number of aromatic nitrogens is 4. The van der Waals surface area contributed by atoms with Crippen molar-refractivity contribution in [2.24, 2.45) is 0 Å². The molecule has 1 fully saturated rings. The smallest absolute Gasteiger partial charge is 0.410 e. The van der Waals surface area contributed by atoms with Gasteiger partial charge in [-0.15, -0.1) is 5.10 Å². The Morgan fingerprint density at radius 1 is 1.03 bits per heavy atom. The molecule has 1 aromatic carbocycles. The van der Waals surface area contributed by atoms with Gasteiger partial charge in [0.2, 0.25) is 0 Å². The average molecular weight is 464 g/mol. The molecule has 4 rings (SSSR count). The molecule has 34 heavy (non-hydrogen) atoms. The number of nitrogens with one attached hydrogen (secondary N) is 1. The van der Waals surface area contributed by atoms with Crippen LogP contribution in [0, 0.1) is 0 Å². The van der Waals surface area contributed by atoms with E-state index in [9.17, 15) is 9.59 Å². The summed E-state index contributed by atoms with van der Waals surface area (Å²) in [6.07, 6.45) is 3.04. The number of carbonyl (C=O) groups is 2. The molecule has 0 saturated carbocycles. The second-order valence-corrected chi connectivity index (χ2v) is 9.10. The Bertz CT molecular complexity index is 1120. The van der Waals surface area contributed by atoms with Crippen molar-refractivity contribution in [3.8, 4) is 0 Å². The zero-order chi connectivity index (χ0) is 24.1. The van der Waals surface area contributed by atoms with Gasteiger partial charge in [0.05, 0.1) is 24.6 Å². The summed E-state index contributed by atoms with van der Waals surface area (Å²) in [5.41, 5.74) is 1.72. The molecule has 2 aromatic heterocycles. The summed E-state index contributed by atoms with van der Waals surface area (Å²) < 4.78 is 7.07. The second kappa shape index (κ2) is 9.90. The molecule has 10 nitrogen and oxygen atoms in total. The highest BCUT2D eigenvalue weighted by molar-refractivity contribution is 6.02. The topological polar surface area (TPSA) is 105 Å². The number of ether oxygens (including phenoxy) is 1. The van der Waals surface area contributed by atoms with Crippen LogP contribution in [0.25, 0.3) is 0 Å². The van der Waals surface area contributed by atoms with Gasteiger partial charge in [-0.3, -0.25) is 4.79 Å². The van der Waals surface area contributed by atoms with E-state index in [2.05, 4.69) is 25.5 Å². The number of nitrogens with zero attached hydrogens (tertiary/aromatic N) is 6. The van der Waals surface area contributed by atoms with Crippen molar-refractivity contribution in [1.82, 2.24) is 24.9 Å². The molecule has 3 aromatic rings. The fraction of sp³-hybridized carbons (Fsp3) is 0.375.